The molecule has 4 saturated heterocycles. The minimum atomic E-state index is -0.144. The summed E-state index contributed by atoms with van der Waals surface area (Å²) in [6.07, 6.45) is 4.23. The first-order valence-electron chi connectivity index (χ1n) is 10.1. The highest BCUT2D eigenvalue weighted by atomic mass is 16.2. The number of piperidine rings is 3. The molecule has 1 aromatic heterocycles. The largest absolute Gasteiger partial charge is 0.336 e. The highest BCUT2D eigenvalue weighted by Crippen LogP contribution is 2.31. The Bertz CT molecular complexity index is 908. The Morgan fingerprint density at radius 2 is 1.67 bits per heavy atom. The summed E-state index contributed by atoms with van der Waals surface area (Å²) in [5, 5.41) is 1.32. The Labute approximate surface area is 158 Å². The van der Waals surface area contributed by atoms with Crippen molar-refractivity contribution in [2.45, 2.75) is 18.9 Å². The molecule has 0 radical (unpaired) electrons. The fourth-order valence-electron chi connectivity index (χ4n) is 5.16. The number of fused-ring (bicyclic) bond motifs is 4. The van der Waals surface area contributed by atoms with Crippen LogP contribution in [-0.2, 0) is 0 Å². The number of hydrogen-bond acceptors (Lipinski definition) is 4. The van der Waals surface area contributed by atoms with Gasteiger partial charge < -0.3 is 14.8 Å². The molecule has 2 aromatic rings. The molecule has 4 aliphatic rings. The van der Waals surface area contributed by atoms with Crippen molar-refractivity contribution in [3.63, 3.8) is 0 Å². The van der Waals surface area contributed by atoms with Gasteiger partial charge in [-0.3, -0.25) is 14.5 Å². The molecular weight excluding hydrogens is 340 g/mol. The molecule has 27 heavy (non-hydrogen) atoms. The second kappa shape index (κ2) is 6.77. The van der Waals surface area contributed by atoms with E-state index in [1.54, 1.807) is 12.3 Å². The first-order chi connectivity index (χ1) is 13.2. The van der Waals surface area contributed by atoms with Crippen LogP contribution in [0.4, 0.5) is 0 Å². The van der Waals surface area contributed by atoms with E-state index in [-0.39, 0.29) is 11.5 Å². The molecule has 0 aliphatic carbocycles. The number of nitrogens with one attached hydrogen (secondary N) is 1. The third-order valence-electron chi connectivity index (χ3n) is 6.73. The van der Waals surface area contributed by atoms with E-state index < -0.39 is 0 Å². The Kier molecular flexibility index (Phi) is 4.25. The van der Waals surface area contributed by atoms with E-state index in [1.165, 1.54) is 32.5 Å². The lowest BCUT2D eigenvalue weighted by Crippen LogP contribution is -2.61. The quantitative estimate of drug-likeness (QED) is 0.872. The summed E-state index contributed by atoms with van der Waals surface area (Å²) in [5.41, 5.74) is 0.454. The van der Waals surface area contributed by atoms with Crippen LogP contribution in [0.15, 0.2) is 35.3 Å². The summed E-state index contributed by atoms with van der Waals surface area (Å²) < 4.78 is 0. The monoisotopic (exact) mass is 366 g/mol. The molecular formula is C21H26N4O2. The van der Waals surface area contributed by atoms with Crippen molar-refractivity contribution in [2.24, 2.45) is 5.92 Å². The minimum Gasteiger partial charge on any atom is -0.336 e. The standard InChI is InChI=1S/C21H26N4O2/c26-20-17-4-2-1-3-16(17)18(13-22-20)21(27)25-11-9-24(10-12-25)19-14-23-7-5-15(19)6-8-23/h1-4,13,15,19H,5-12,14H2,(H,22,26)/t19-/m0/s1. The topological polar surface area (TPSA) is 59.7 Å². The fourth-order valence-corrected chi connectivity index (χ4v) is 5.16. The van der Waals surface area contributed by atoms with E-state index in [0.717, 1.165) is 37.5 Å². The molecule has 0 unspecified atom stereocenters. The van der Waals surface area contributed by atoms with Gasteiger partial charge in [-0.25, -0.2) is 0 Å². The van der Waals surface area contributed by atoms with Gasteiger partial charge in [0, 0.05) is 55.7 Å². The van der Waals surface area contributed by atoms with Gasteiger partial charge in [0.15, 0.2) is 0 Å². The number of aromatic nitrogens is 1. The van der Waals surface area contributed by atoms with Gasteiger partial charge in [0.1, 0.15) is 0 Å². The van der Waals surface area contributed by atoms with Gasteiger partial charge in [0.2, 0.25) is 0 Å². The van der Waals surface area contributed by atoms with Gasteiger partial charge in [-0.1, -0.05) is 18.2 Å². The number of hydrogen-bond donors (Lipinski definition) is 1. The average molecular weight is 366 g/mol. The maximum atomic E-state index is 13.1. The summed E-state index contributed by atoms with van der Waals surface area (Å²) in [6.45, 7) is 7.13. The summed E-state index contributed by atoms with van der Waals surface area (Å²) in [4.78, 5) is 35.0. The normalized spacial score (nSPS) is 28.6. The van der Waals surface area contributed by atoms with Crippen LogP contribution in [-0.4, -0.2) is 77.4 Å². The average Bonchev–Trinajstić information content (AvgIpc) is 2.75. The van der Waals surface area contributed by atoms with E-state index in [1.807, 2.05) is 23.1 Å². The molecule has 2 bridgehead atoms. The van der Waals surface area contributed by atoms with Crippen LogP contribution in [0.2, 0.25) is 0 Å². The number of carbonyl (C=O) groups is 1. The molecule has 6 heteroatoms. The predicted molar refractivity (Wildman–Crippen MR) is 105 cm³/mol. The third kappa shape index (κ3) is 2.97. The summed E-state index contributed by atoms with van der Waals surface area (Å²) in [5.74, 6) is 0.858. The first kappa shape index (κ1) is 17.0. The zero-order chi connectivity index (χ0) is 18.4. The number of pyridine rings is 1. The molecule has 0 saturated carbocycles. The molecule has 1 aromatic carbocycles. The maximum Gasteiger partial charge on any atom is 0.256 e. The number of nitrogens with zero attached hydrogens (tertiary/aromatic N) is 3. The van der Waals surface area contributed by atoms with Crippen LogP contribution in [0, 0.1) is 5.92 Å². The van der Waals surface area contributed by atoms with Crippen LogP contribution in [0.5, 0.6) is 0 Å². The predicted octanol–water partition coefficient (Wildman–Crippen LogP) is 1.38. The van der Waals surface area contributed by atoms with E-state index >= 15 is 0 Å². The van der Waals surface area contributed by atoms with Crippen LogP contribution in [0.3, 0.4) is 0 Å². The van der Waals surface area contributed by atoms with E-state index in [2.05, 4.69) is 14.8 Å². The molecule has 6 nitrogen and oxygen atoms in total. The van der Waals surface area contributed by atoms with Crippen molar-refractivity contribution in [1.29, 1.82) is 0 Å². The number of rotatable bonds is 2. The molecule has 1 atom stereocenters. The zero-order valence-electron chi connectivity index (χ0n) is 15.6. The molecule has 5 heterocycles. The van der Waals surface area contributed by atoms with Crippen LogP contribution >= 0.6 is 0 Å². The van der Waals surface area contributed by atoms with Crippen molar-refractivity contribution in [3.05, 3.63) is 46.4 Å². The molecule has 1 N–H and O–H groups in total. The van der Waals surface area contributed by atoms with Crippen LogP contribution < -0.4 is 5.56 Å². The summed E-state index contributed by atoms with van der Waals surface area (Å²) in [7, 11) is 0. The van der Waals surface area contributed by atoms with Gasteiger partial charge in [0.25, 0.3) is 11.5 Å². The second-order valence-corrected chi connectivity index (χ2v) is 8.11. The Morgan fingerprint density at radius 1 is 0.963 bits per heavy atom. The van der Waals surface area contributed by atoms with Gasteiger partial charge >= 0.3 is 0 Å². The van der Waals surface area contributed by atoms with E-state index in [4.69, 9.17) is 0 Å². The number of carbonyl (C=O) groups excluding carboxylic acids is 1. The third-order valence-corrected chi connectivity index (χ3v) is 6.73. The Hall–Kier alpha value is -2.18. The summed E-state index contributed by atoms with van der Waals surface area (Å²) in [6, 6.07) is 8.01. The summed E-state index contributed by atoms with van der Waals surface area (Å²) >= 11 is 0. The number of H-pyrrole nitrogens is 1. The highest BCUT2D eigenvalue weighted by Gasteiger charge is 2.38. The SMILES string of the molecule is O=C(c1c[nH]c(=O)c2ccccc12)N1CCN([C@H]2CN3CCC2CC3)CC1. The molecule has 0 spiro atoms. The van der Waals surface area contributed by atoms with Crippen molar-refractivity contribution in [3.8, 4) is 0 Å². The minimum absolute atomic E-state index is 0.0241. The smallest absolute Gasteiger partial charge is 0.256 e. The second-order valence-electron chi connectivity index (χ2n) is 8.11. The van der Waals surface area contributed by atoms with Crippen LogP contribution in [0.25, 0.3) is 10.8 Å². The lowest BCUT2D eigenvalue weighted by atomic mass is 9.83. The van der Waals surface area contributed by atoms with Gasteiger partial charge in [-0.2, -0.15) is 0 Å². The first-order valence-corrected chi connectivity index (χ1v) is 10.1. The lowest BCUT2D eigenvalue weighted by Gasteiger charge is -2.51. The number of amides is 1. The molecule has 4 fully saturated rings. The molecule has 142 valence electrons. The van der Waals surface area contributed by atoms with Crippen molar-refractivity contribution < 1.29 is 4.79 Å². The van der Waals surface area contributed by atoms with Crippen molar-refractivity contribution in [1.82, 2.24) is 19.7 Å². The number of piperazine rings is 1. The fraction of sp³-hybridized carbons (Fsp3) is 0.524. The number of benzene rings is 1. The molecule has 1 amide bonds. The van der Waals surface area contributed by atoms with Crippen LogP contribution in [0.1, 0.15) is 23.2 Å². The molecule has 4 aliphatic heterocycles. The van der Waals surface area contributed by atoms with E-state index in [0.29, 0.717) is 17.0 Å². The van der Waals surface area contributed by atoms with Gasteiger partial charge in [0.05, 0.1) is 5.56 Å². The Morgan fingerprint density at radius 3 is 2.33 bits per heavy atom. The molecule has 6 rings (SSSR count). The maximum absolute atomic E-state index is 13.1. The van der Waals surface area contributed by atoms with Gasteiger partial charge in [-0.15, -0.1) is 0 Å². The zero-order valence-corrected chi connectivity index (χ0v) is 15.6. The van der Waals surface area contributed by atoms with E-state index in [9.17, 15) is 9.59 Å². The van der Waals surface area contributed by atoms with Crippen molar-refractivity contribution in [2.75, 3.05) is 45.8 Å². The lowest BCUT2D eigenvalue weighted by molar-refractivity contribution is -0.0130. The Balaban J connectivity index is 1.31. The van der Waals surface area contributed by atoms with Crippen molar-refractivity contribution >= 4 is 16.7 Å². The number of aromatic amines is 1. The van der Waals surface area contributed by atoms with Gasteiger partial charge in [-0.05, 0) is 37.9 Å². The highest BCUT2D eigenvalue weighted by molar-refractivity contribution is 6.06.